The summed E-state index contributed by atoms with van der Waals surface area (Å²) in [6.45, 7) is 4.11. The molecule has 6 nitrogen and oxygen atoms in total. The predicted molar refractivity (Wildman–Crippen MR) is 101 cm³/mol. The van der Waals surface area contributed by atoms with Crippen LogP contribution in [0.1, 0.15) is 24.0 Å². The zero-order chi connectivity index (χ0) is 19.4. The van der Waals surface area contributed by atoms with E-state index in [9.17, 15) is 19.3 Å². The molecule has 1 aliphatic heterocycles. The van der Waals surface area contributed by atoms with Crippen molar-refractivity contribution >= 4 is 17.3 Å². The van der Waals surface area contributed by atoms with Gasteiger partial charge in [-0.3, -0.25) is 19.8 Å². The van der Waals surface area contributed by atoms with Crippen LogP contribution in [0.4, 0.5) is 15.8 Å². The number of amides is 1. The van der Waals surface area contributed by atoms with E-state index in [1.807, 2.05) is 6.92 Å². The van der Waals surface area contributed by atoms with Gasteiger partial charge in [-0.1, -0.05) is 18.2 Å². The quantitative estimate of drug-likeness (QED) is 0.639. The Morgan fingerprint density at radius 3 is 2.52 bits per heavy atom. The number of benzene rings is 2. The lowest BCUT2D eigenvalue weighted by Gasteiger charge is -2.31. The summed E-state index contributed by atoms with van der Waals surface area (Å²) in [5.41, 5.74) is 2.29. The molecule has 0 saturated carbocycles. The van der Waals surface area contributed by atoms with Crippen molar-refractivity contribution in [2.75, 3.05) is 18.4 Å². The fourth-order valence-electron chi connectivity index (χ4n) is 3.29. The Hall–Kier alpha value is -2.80. The van der Waals surface area contributed by atoms with E-state index in [0.29, 0.717) is 5.69 Å². The molecule has 0 unspecified atom stereocenters. The third-order valence-corrected chi connectivity index (χ3v) is 4.97. The molecule has 1 N–H and O–H groups in total. The van der Waals surface area contributed by atoms with Crippen LogP contribution >= 0.6 is 0 Å². The van der Waals surface area contributed by atoms with Crippen LogP contribution in [0.25, 0.3) is 0 Å². The number of likely N-dealkylation sites (tertiary alicyclic amines) is 1. The molecule has 1 saturated heterocycles. The minimum Gasteiger partial charge on any atom is -0.325 e. The Kier molecular flexibility index (Phi) is 5.81. The summed E-state index contributed by atoms with van der Waals surface area (Å²) in [4.78, 5) is 25.3. The average molecular weight is 371 g/mol. The lowest BCUT2D eigenvalue weighted by atomic mass is 9.95. The number of nitrogens with zero attached hydrogens (tertiary/aromatic N) is 2. The number of carbonyl (C=O) groups is 1. The summed E-state index contributed by atoms with van der Waals surface area (Å²) in [5.74, 6) is -0.460. The first-order valence-corrected chi connectivity index (χ1v) is 8.95. The van der Waals surface area contributed by atoms with E-state index in [1.165, 1.54) is 24.3 Å². The highest BCUT2D eigenvalue weighted by molar-refractivity contribution is 5.93. The summed E-state index contributed by atoms with van der Waals surface area (Å²) in [7, 11) is 0. The Balaban J connectivity index is 1.55. The Labute approximate surface area is 157 Å². The van der Waals surface area contributed by atoms with Crippen LogP contribution in [-0.2, 0) is 11.3 Å². The van der Waals surface area contributed by atoms with Crippen molar-refractivity contribution in [2.45, 2.75) is 26.3 Å². The number of nitro groups is 1. The van der Waals surface area contributed by atoms with Gasteiger partial charge in [-0.05, 0) is 56.1 Å². The number of hydrogen-bond acceptors (Lipinski definition) is 4. The fourth-order valence-corrected chi connectivity index (χ4v) is 3.29. The lowest BCUT2D eigenvalue weighted by Crippen LogP contribution is -2.37. The second-order valence-corrected chi connectivity index (χ2v) is 6.92. The standard InChI is InChI=1S/C20H22FN3O3/c1-14-2-7-18(24(26)27)12-19(14)22-20(25)16-8-10-23(11-9-16)13-15-3-5-17(21)6-4-15/h2-7,12,16H,8-11,13H2,1H3,(H,22,25). The summed E-state index contributed by atoms with van der Waals surface area (Å²) in [6, 6.07) is 10.9. The molecule has 0 radical (unpaired) electrons. The minimum atomic E-state index is -0.469. The monoisotopic (exact) mass is 371 g/mol. The van der Waals surface area contributed by atoms with Crippen LogP contribution in [0.15, 0.2) is 42.5 Å². The summed E-state index contributed by atoms with van der Waals surface area (Å²) >= 11 is 0. The highest BCUT2D eigenvalue weighted by atomic mass is 19.1. The number of nitrogens with one attached hydrogen (secondary N) is 1. The third-order valence-electron chi connectivity index (χ3n) is 4.97. The van der Waals surface area contributed by atoms with Crippen LogP contribution in [0.5, 0.6) is 0 Å². The number of aryl methyl sites for hydroxylation is 1. The third kappa shape index (κ3) is 4.89. The maximum Gasteiger partial charge on any atom is 0.271 e. The molecule has 0 atom stereocenters. The van der Waals surface area contributed by atoms with Crippen molar-refractivity contribution in [1.29, 1.82) is 0 Å². The largest absolute Gasteiger partial charge is 0.325 e. The van der Waals surface area contributed by atoms with Crippen molar-refractivity contribution in [1.82, 2.24) is 4.90 Å². The maximum absolute atomic E-state index is 13.0. The number of anilines is 1. The second-order valence-electron chi connectivity index (χ2n) is 6.92. The van der Waals surface area contributed by atoms with Crippen LogP contribution in [0, 0.1) is 28.8 Å². The van der Waals surface area contributed by atoms with Gasteiger partial charge in [-0.2, -0.15) is 0 Å². The molecule has 2 aromatic carbocycles. The second kappa shape index (κ2) is 8.26. The molecule has 1 heterocycles. The summed E-state index contributed by atoms with van der Waals surface area (Å²) in [6.07, 6.45) is 1.45. The smallest absolute Gasteiger partial charge is 0.271 e. The van der Waals surface area contributed by atoms with Crippen LogP contribution < -0.4 is 5.32 Å². The van der Waals surface area contributed by atoms with Gasteiger partial charge in [0.05, 0.1) is 10.6 Å². The van der Waals surface area contributed by atoms with E-state index < -0.39 is 4.92 Å². The van der Waals surface area contributed by atoms with Crippen molar-refractivity contribution < 1.29 is 14.1 Å². The number of piperidine rings is 1. The Morgan fingerprint density at radius 2 is 1.89 bits per heavy atom. The van der Waals surface area contributed by atoms with E-state index in [-0.39, 0.29) is 23.3 Å². The van der Waals surface area contributed by atoms with Crippen molar-refractivity contribution in [3.05, 3.63) is 69.5 Å². The fraction of sp³-hybridized carbons (Fsp3) is 0.350. The molecule has 7 heteroatoms. The number of hydrogen-bond donors (Lipinski definition) is 1. The normalized spacial score (nSPS) is 15.5. The molecule has 142 valence electrons. The van der Waals surface area contributed by atoms with Crippen LogP contribution in [0.3, 0.4) is 0 Å². The number of nitro benzene ring substituents is 1. The molecule has 0 bridgehead atoms. The molecular weight excluding hydrogens is 349 g/mol. The van der Waals surface area contributed by atoms with E-state index >= 15 is 0 Å². The summed E-state index contributed by atoms with van der Waals surface area (Å²) < 4.78 is 13.0. The molecule has 0 aromatic heterocycles. The lowest BCUT2D eigenvalue weighted by molar-refractivity contribution is -0.384. The van der Waals surface area contributed by atoms with Crippen molar-refractivity contribution in [2.24, 2.45) is 5.92 Å². The zero-order valence-corrected chi connectivity index (χ0v) is 15.2. The van der Waals surface area contributed by atoms with Crippen LogP contribution in [-0.4, -0.2) is 28.8 Å². The van der Waals surface area contributed by atoms with Gasteiger partial charge in [-0.25, -0.2) is 4.39 Å². The van der Waals surface area contributed by atoms with Gasteiger partial charge in [-0.15, -0.1) is 0 Å². The average Bonchev–Trinajstić information content (AvgIpc) is 2.65. The number of halogens is 1. The minimum absolute atomic E-state index is 0.0370. The van der Waals surface area contributed by atoms with Crippen LogP contribution in [0.2, 0.25) is 0 Å². The van der Waals surface area contributed by atoms with Crippen molar-refractivity contribution in [3.63, 3.8) is 0 Å². The SMILES string of the molecule is Cc1ccc([N+](=O)[O-])cc1NC(=O)C1CCN(Cc2ccc(F)cc2)CC1. The van der Waals surface area contributed by atoms with Gasteiger partial charge in [0.25, 0.3) is 5.69 Å². The number of carbonyl (C=O) groups excluding carboxylic acids is 1. The Bertz CT molecular complexity index is 831. The number of rotatable bonds is 5. The van der Waals surface area contributed by atoms with Crippen molar-refractivity contribution in [3.8, 4) is 0 Å². The van der Waals surface area contributed by atoms with Gasteiger partial charge in [0, 0.05) is 24.6 Å². The highest BCUT2D eigenvalue weighted by Crippen LogP contribution is 2.25. The molecule has 0 spiro atoms. The topological polar surface area (TPSA) is 75.5 Å². The first-order valence-electron chi connectivity index (χ1n) is 8.95. The molecule has 3 rings (SSSR count). The van der Waals surface area contributed by atoms with Gasteiger partial charge in [0.1, 0.15) is 5.82 Å². The molecule has 1 fully saturated rings. The van der Waals surface area contributed by atoms with Gasteiger partial charge < -0.3 is 5.32 Å². The van der Waals surface area contributed by atoms with E-state index in [2.05, 4.69) is 10.2 Å². The molecule has 2 aromatic rings. The van der Waals surface area contributed by atoms with Gasteiger partial charge >= 0.3 is 0 Å². The molecule has 0 aliphatic carbocycles. The zero-order valence-electron chi connectivity index (χ0n) is 15.2. The number of non-ortho nitro benzene ring substituents is 1. The molecule has 1 amide bonds. The van der Waals surface area contributed by atoms with E-state index in [0.717, 1.165) is 43.6 Å². The maximum atomic E-state index is 13.0. The molecule has 27 heavy (non-hydrogen) atoms. The van der Waals surface area contributed by atoms with Gasteiger partial charge in [0.2, 0.25) is 5.91 Å². The van der Waals surface area contributed by atoms with E-state index in [1.54, 1.807) is 18.2 Å². The highest BCUT2D eigenvalue weighted by Gasteiger charge is 2.25. The van der Waals surface area contributed by atoms with Gasteiger partial charge in [0.15, 0.2) is 0 Å². The predicted octanol–water partition coefficient (Wildman–Crippen LogP) is 3.89. The first-order chi connectivity index (χ1) is 12.9. The first kappa shape index (κ1) is 19.0. The van der Waals surface area contributed by atoms with E-state index in [4.69, 9.17) is 0 Å². The molecular formula is C20H22FN3O3. The Morgan fingerprint density at radius 1 is 1.22 bits per heavy atom. The summed E-state index contributed by atoms with van der Waals surface area (Å²) in [5, 5.41) is 13.8. The molecule has 1 aliphatic rings.